The monoisotopic (exact) mass is 507 g/mol. The van der Waals surface area contributed by atoms with Crippen LogP contribution < -0.4 is 14.9 Å². The third-order valence-corrected chi connectivity index (χ3v) is 7.83. The van der Waals surface area contributed by atoms with Gasteiger partial charge in [0, 0.05) is 11.3 Å². The van der Waals surface area contributed by atoms with Crippen LogP contribution in [0.15, 0.2) is 52.7 Å². The lowest BCUT2D eigenvalue weighted by molar-refractivity contribution is -0.117. The predicted octanol–water partition coefficient (Wildman–Crippen LogP) is 4.09. The molecule has 0 aliphatic carbocycles. The number of nitrogens with zero attached hydrogens (tertiary/aromatic N) is 1. The molecule has 0 saturated carbocycles. The van der Waals surface area contributed by atoms with E-state index >= 15 is 0 Å². The summed E-state index contributed by atoms with van der Waals surface area (Å²) in [6.45, 7) is 1.80. The highest BCUT2D eigenvalue weighted by Gasteiger charge is 2.33. The first-order valence-corrected chi connectivity index (χ1v) is 12.1. The molecule has 0 fully saturated rings. The number of imide groups is 1. The van der Waals surface area contributed by atoms with Gasteiger partial charge in [0.05, 0.1) is 16.4 Å². The lowest BCUT2D eigenvalue weighted by Crippen LogP contribution is -2.43. The van der Waals surface area contributed by atoms with E-state index in [1.807, 2.05) is 0 Å². The van der Waals surface area contributed by atoms with E-state index in [0.29, 0.717) is 11.1 Å². The third kappa shape index (κ3) is 4.61. The van der Waals surface area contributed by atoms with Crippen LogP contribution in [0.25, 0.3) is 0 Å². The summed E-state index contributed by atoms with van der Waals surface area (Å²) >= 11 is 6.48. The van der Waals surface area contributed by atoms with Crippen LogP contribution in [-0.2, 0) is 21.2 Å². The molecule has 1 aromatic heterocycles. The summed E-state index contributed by atoms with van der Waals surface area (Å²) < 4.78 is 41.1. The highest BCUT2D eigenvalue weighted by atomic mass is 35.5. The molecule has 0 atom stereocenters. The normalized spacial score (nSPS) is 13.6. The van der Waals surface area contributed by atoms with E-state index < -0.39 is 33.7 Å². The summed E-state index contributed by atoms with van der Waals surface area (Å²) in [6, 6.07) is 9.90. The summed E-state index contributed by atoms with van der Waals surface area (Å²) in [7, 11) is -4.16. The largest absolute Gasteiger partial charge is 0.333 e. The van der Waals surface area contributed by atoms with Gasteiger partial charge in [0.15, 0.2) is 0 Å². The molecule has 4 amide bonds. The molecule has 2 N–H and O–H groups in total. The molecule has 0 spiro atoms. The second-order valence-electron chi connectivity index (χ2n) is 7.16. The van der Waals surface area contributed by atoms with E-state index in [9.17, 15) is 27.2 Å². The zero-order valence-corrected chi connectivity index (χ0v) is 19.3. The average Bonchev–Trinajstić information content (AvgIpc) is 3.17. The van der Waals surface area contributed by atoms with E-state index in [4.69, 9.17) is 11.6 Å². The molecule has 8 nitrogen and oxygen atoms in total. The highest BCUT2D eigenvalue weighted by molar-refractivity contribution is 7.92. The van der Waals surface area contributed by atoms with Gasteiger partial charge in [-0.05, 0) is 48.9 Å². The van der Waals surface area contributed by atoms with Crippen LogP contribution in [0.5, 0.6) is 0 Å². The molecule has 0 saturated heterocycles. The lowest BCUT2D eigenvalue weighted by Gasteiger charge is -2.27. The van der Waals surface area contributed by atoms with Crippen molar-refractivity contribution < 1.29 is 27.2 Å². The SMILES string of the molecule is Cc1ccc2c(c1)C(=O)N(c1ccc(NC(=O)NS(=O)(=O)c3ccc(Cl)s3)cc1F)C(=O)C2. The van der Waals surface area contributed by atoms with Crippen molar-refractivity contribution in [3.8, 4) is 0 Å². The average molecular weight is 508 g/mol. The number of thiophene rings is 1. The molecule has 33 heavy (non-hydrogen) atoms. The first-order chi connectivity index (χ1) is 15.5. The van der Waals surface area contributed by atoms with Crippen molar-refractivity contribution in [2.24, 2.45) is 0 Å². The minimum absolute atomic E-state index is 0.0617. The summed E-state index contributed by atoms with van der Waals surface area (Å²) in [6.07, 6.45) is -0.0617. The van der Waals surface area contributed by atoms with Crippen LogP contribution in [0.4, 0.5) is 20.6 Å². The molecule has 3 aromatic rings. The molecular formula is C21H15ClFN3O5S2. The zero-order valence-electron chi connectivity index (χ0n) is 16.9. The van der Waals surface area contributed by atoms with Gasteiger partial charge < -0.3 is 5.32 Å². The number of sulfonamides is 1. The van der Waals surface area contributed by atoms with Crippen molar-refractivity contribution in [1.29, 1.82) is 0 Å². The van der Waals surface area contributed by atoms with Gasteiger partial charge in [-0.1, -0.05) is 29.3 Å². The Kier molecular flexibility index (Phi) is 5.95. The Morgan fingerprint density at radius 2 is 1.88 bits per heavy atom. The van der Waals surface area contributed by atoms with Gasteiger partial charge in [-0.15, -0.1) is 11.3 Å². The number of carbonyl (C=O) groups excluding carboxylic acids is 3. The minimum atomic E-state index is -4.16. The summed E-state index contributed by atoms with van der Waals surface area (Å²) in [5.41, 5.74) is 1.34. The molecule has 0 unspecified atom stereocenters. The Morgan fingerprint density at radius 3 is 2.55 bits per heavy atom. The van der Waals surface area contributed by atoms with Crippen molar-refractivity contribution in [1.82, 2.24) is 4.72 Å². The molecule has 1 aliphatic heterocycles. The van der Waals surface area contributed by atoms with Gasteiger partial charge in [0.1, 0.15) is 10.0 Å². The maximum atomic E-state index is 14.8. The Bertz CT molecular complexity index is 1420. The van der Waals surface area contributed by atoms with Crippen molar-refractivity contribution in [2.45, 2.75) is 17.6 Å². The summed E-state index contributed by atoms with van der Waals surface area (Å²) in [5, 5.41) is 2.21. The number of hydrogen-bond acceptors (Lipinski definition) is 6. The number of carbonyl (C=O) groups is 3. The predicted molar refractivity (Wildman–Crippen MR) is 122 cm³/mol. The summed E-state index contributed by atoms with van der Waals surface area (Å²) in [5.74, 6) is -2.18. The maximum absolute atomic E-state index is 14.8. The van der Waals surface area contributed by atoms with E-state index in [2.05, 4.69) is 5.32 Å². The van der Waals surface area contributed by atoms with Crippen LogP contribution in [0.2, 0.25) is 4.34 Å². The van der Waals surface area contributed by atoms with E-state index in [-0.39, 0.29) is 26.3 Å². The number of amides is 4. The Labute approximate surface area is 197 Å². The quantitative estimate of drug-likeness (QED) is 0.516. The van der Waals surface area contributed by atoms with E-state index in [0.717, 1.165) is 33.9 Å². The number of nitrogens with one attached hydrogen (secondary N) is 2. The number of hydrogen-bond donors (Lipinski definition) is 2. The van der Waals surface area contributed by atoms with E-state index in [1.54, 1.807) is 29.8 Å². The van der Waals surface area contributed by atoms with Crippen LogP contribution >= 0.6 is 22.9 Å². The molecular weight excluding hydrogens is 493 g/mol. The number of rotatable bonds is 4. The first-order valence-electron chi connectivity index (χ1n) is 9.40. The number of benzene rings is 2. The molecule has 12 heteroatoms. The second-order valence-corrected chi connectivity index (χ2v) is 10.8. The standard InChI is InChI=1S/C21H15ClFN3O5S2/c1-11-2-3-12-9-18(27)26(20(28)14(12)8-11)16-5-4-13(10-15(16)23)24-21(29)25-33(30,31)19-7-6-17(22)32-19/h2-8,10H,9H2,1H3,(H2,24,25,29). The fourth-order valence-electron chi connectivity index (χ4n) is 3.30. The third-order valence-electron chi connectivity index (χ3n) is 4.78. The van der Waals surface area contributed by atoms with Gasteiger partial charge >= 0.3 is 6.03 Å². The number of aryl methyl sites for hydroxylation is 1. The van der Waals surface area contributed by atoms with Crippen LogP contribution in [-0.4, -0.2) is 26.3 Å². The zero-order chi connectivity index (χ0) is 23.9. The molecule has 2 heterocycles. The smallest absolute Gasteiger partial charge is 0.307 e. The van der Waals surface area contributed by atoms with Crippen LogP contribution in [0.3, 0.4) is 0 Å². The van der Waals surface area contributed by atoms with Gasteiger partial charge in [-0.2, -0.15) is 0 Å². The van der Waals surface area contributed by atoms with Gasteiger partial charge in [0.25, 0.3) is 15.9 Å². The highest BCUT2D eigenvalue weighted by Crippen LogP contribution is 2.30. The molecule has 0 bridgehead atoms. The van der Waals surface area contributed by atoms with Crippen molar-refractivity contribution in [3.63, 3.8) is 0 Å². The van der Waals surface area contributed by atoms with Crippen LogP contribution in [0, 0.1) is 12.7 Å². The minimum Gasteiger partial charge on any atom is -0.307 e. The fourth-order valence-corrected chi connectivity index (χ4v) is 5.69. The molecule has 0 radical (unpaired) electrons. The number of anilines is 2. The van der Waals surface area contributed by atoms with Crippen molar-refractivity contribution in [3.05, 3.63) is 75.4 Å². The van der Waals surface area contributed by atoms with Gasteiger partial charge in [-0.25, -0.2) is 27.2 Å². The van der Waals surface area contributed by atoms with E-state index in [1.165, 1.54) is 18.2 Å². The topological polar surface area (TPSA) is 113 Å². The van der Waals surface area contributed by atoms with Gasteiger partial charge in [-0.3, -0.25) is 9.59 Å². The Balaban J connectivity index is 1.53. The summed E-state index contributed by atoms with van der Waals surface area (Å²) in [4.78, 5) is 38.3. The number of urea groups is 1. The lowest BCUT2D eigenvalue weighted by atomic mass is 9.96. The molecule has 2 aromatic carbocycles. The van der Waals surface area contributed by atoms with Gasteiger partial charge in [0.2, 0.25) is 5.91 Å². The number of fused-ring (bicyclic) bond motifs is 1. The Morgan fingerprint density at radius 1 is 1.12 bits per heavy atom. The second kappa shape index (κ2) is 8.58. The van der Waals surface area contributed by atoms with Crippen LogP contribution in [0.1, 0.15) is 21.5 Å². The van der Waals surface area contributed by atoms with Crippen molar-refractivity contribution in [2.75, 3.05) is 10.2 Å². The Hall–Kier alpha value is -3.28. The molecule has 4 rings (SSSR count). The maximum Gasteiger partial charge on any atom is 0.333 e. The fraction of sp³-hybridized carbons (Fsp3) is 0.0952. The molecule has 1 aliphatic rings. The first kappa shape index (κ1) is 22.9. The van der Waals surface area contributed by atoms with Crippen molar-refractivity contribution >= 4 is 62.2 Å². The molecule has 170 valence electrons. The number of halogens is 2.